The molecule has 4 nitrogen and oxygen atoms in total. The van der Waals surface area contributed by atoms with Crippen molar-refractivity contribution in [3.63, 3.8) is 0 Å². The van der Waals surface area contributed by atoms with Crippen LogP contribution in [0.5, 0.6) is 0 Å². The van der Waals surface area contributed by atoms with Crippen molar-refractivity contribution in [1.82, 2.24) is 0 Å². The molecule has 4 heteroatoms. The highest BCUT2D eigenvalue weighted by atomic mass is 17.1. The van der Waals surface area contributed by atoms with Crippen LogP contribution in [-0.2, 0) is 10.5 Å². The Labute approximate surface area is 112 Å². The second kappa shape index (κ2) is 4.05. The summed E-state index contributed by atoms with van der Waals surface area (Å²) in [6.45, 7) is 5.77. The summed E-state index contributed by atoms with van der Waals surface area (Å²) in [6.07, 6.45) is 4.29. The van der Waals surface area contributed by atoms with Crippen molar-refractivity contribution < 1.29 is 19.4 Å². The molecule has 0 fully saturated rings. The molecule has 102 valence electrons. The van der Waals surface area contributed by atoms with Gasteiger partial charge in [0.2, 0.25) is 5.78 Å². The van der Waals surface area contributed by atoms with E-state index in [2.05, 4.69) is 6.92 Å². The first kappa shape index (κ1) is 12.6. The highest BCUT2D eigenvalue weighted by molar-refractivity contribution is 6.10. The standard InChI is InChI=1S/C15H18O4/c1-8-5-4-6-10-11(8)15(3,19-17)12-9(2)7-18-14(12)13(10)16/h7-8,17H,4-6H2,1-3H3. The van der Waals surface area contributed by atoms with Crippen LogP contribution >= 0.6 is 0 Å². The third kappa shape index (κ3) is 1.50. The smallest absolute Gasteiger partial charge is 0.224 e. The van der Waals surface area contributed by atoms with Crippen molar-refractivity contribution in [2.45, 2.75) is 45.6 Å². The largest absolute Gasteiger partial charge is 0.460 e. The lowest BCUT2D eigenvalue weighted by atomic mass is 9.67. The molecule has 19 heavy (non-hydrogen) atoms. The first-order valence-electron chi connectivity index (χ1n) is 6.70. The minimum absolute atomic E-state index is 0.0424. The lowest BCUT2D eigenvalue weighted by Crippen LogP contribution is -2.39. The van der Waals surface area contributed by atoms with Crippen LogP contribution in [0.15, 0.2) is 21.8 Å². The zero-order valence-electron chi connectivity index (χ0n) is 11.4. The van der Waals surface area contributed by atoms with Gasteiger partial charge in [-0.2, -0.15) is 0 Å². The van der Waals surface area contributed by atoms with E-state index in [-0.39, 0.29) is 11.7 Å². The highest BCUT2D eigenvalue weighted by Crippen LogP contribution is 2.50. The molecular weight excluding hydrogens is 244 g/mol. The molecule has 1 aromatic rings. The van der Waals surface area contributed by atoms with Crippen LogP contribution in [0.4, 0.5) is 0 Å². The SMILES string of the molecule is Cc1coc2c1C(C)(OO)C1=C(CCCC1C)C2=O. The Balaban J connectivity index is 2.31. The lowest BCUT2D eigenvalue weighted by Gasteiger charge is -2.40. The Morgan fingerprint density at radius 1 is 1.53 bits per heavy atom. The van der Waals surface area contributed by atoms with Crippen LogP contribution in [0.2, 0.25) is 0 Å². The molecule has 0 aromatic carbocycles. The zero-order valence-corrected chi connectivity index (χ0v) is 11.4. The number of hydrogen-bond acceptors (Lipinski definition) is 4. The Kier molecular flexibility index (Phi) is 2.69. The first-order valence-corrected chi connectivity index (χ1v) is 6.70. The summed E-state index contributed by atoms with van der Waals surface area (Å²) in [5.74, 6) is 0.508. The van der Waals surface area contributed by atoms with E-state index in [9.17, 15) is 10.1 Å². The predicted molar refractivity (Wildman–Crippen MR) is 68.9 cm³/mol. The number of furan rings is 1. The average Bonchev–Trinajstić information content (AvgIpc) is 2.79. The van der Waals surface area contributed by atoms with E-state index in [1.807, 2.05) is 13.8 Å². The number of carbonyl (C=O) groups excluding carboxylic acids is 1. The van der Waals surface area contributed by atoms with E-state index in [0.717, 1.165) is 36.0 Å². The van der Waals surface area contributed by atoms with E-state index in [0.29, 0.717) is 11.3 Å². The summed E-state index contributed by atoms with van der Waals surface area (Å²) in [7, 11) is 0. The number of fused-ring (bicyclic) bond motifs is 1. The van der Waals surface area contributed by atoms with Crippen molar-refractivity contribution in [2.24, 2.45) is 5.92 Å². The van der Waals surface area contributed by atoms with Crippen LogP contribution in [0.3, 0.4) is 0 Å². The molecule has 2 unspecified atom stereocenters. The minimum atomic E-state index is -0.963. The fraction of sp³-hybridized carbons (Fsp3) is 0.533. The quantitative estimate of drug-likeness (QED) is 0.620. The van der Waals surface area contributed by atoms with Gasteiger partial charge in [0.25, 0.3) is 0 Å². The van der Waals surface area contributed by atoms with Crippen molar-refractivity contribution in [3.05, 3.63) is 34.3 Å². The maximum Gasteiger partial charge on any atom is 0.224 e. The van der Waals surface area contributed by atoms with E-state index in [1.165, 1.54) is 0 Å². The number of carbonyl (C=O) groups is 1. The van der Waals surface area contributed by atoms with Crippen LogP contribution in [0, 0.1) is 12.8 Å². The third-order valence-electron chi connectivity index (χ3n) is 4.51. The molecule has 1 N–H and O–H groups in total. The topological polar surface area (TPSA) is 59.7 Å². The van der Waals surface area contributed by atoms with Crippen LogP contribution in [0.1, 0.15) is 54.8 Å². The second-order valence-electron chi connectivity index (χ2n) is 5.76. The number of rotatable bonds is 1. The Bertz CT molecular complexity index is 581. The Morgan fingerprint density at radius 2 is 2.26 bits per heavy atom. The number of hydrogen-bond donors (Lipinski definition) is 1. The van der Waals surface area contributed by atoms with Gasteiger partial charge < -0.3 is 4.42 Å². The van der Waals surface area contributed by atoms with Crippen molar-refractivity contribution in [1.29, 1.82) is 0 Å². The molecule has 1 aromatic heterocycles. The Morgan fingerprint density at radius 3 is 2.95 bits per heavy atom. The summed E-state index contributed by atoms with van der Waals surface area (Å²) < 4.78 is 5.41. The molecule has 0 amide bonds. The fourth-order valence-electron chi connectivity index (χ4n) is 3.73. The van der Waals surface area contributed by atoms with Gasteiger partial charge in [0.1, 0.15) is 0 Å². The van der Waals surface area contributed by atoms with E-state index < -0.39 is 5.60 Å². The van der Waals surface area contributed by atoms with E-state index >= 15 is 0 Å². The molecule has 0 aliphatic heterocycles. The molecule has 2 aliphatic carbocycles. The molecule has 0 saturated carbocycles. The van der Waals surface area contributed by atoms with Crippen molar-refractivity contribution >= 4 is 5.78 Å². The third-order valence-corrected chi connectivity index (χ3v) is 4.51. The van der Waals surface area contributed by atoms with Crippen molar-refractivity contribution in [2.75, 3.05) is 0 Å². The lowest BCUT2D eigenvalue weighted by molar-refractivity contribution is -0.313. The summed E-state index contributed by atoms with van der Waals surface area (Å²) in [5, 5.41) is 9.50. The normalized spacial score (nSPS) is 30.3. The maximum atomic E-state index is 12.5. The van der Waals surface area contributed by atoms with Gasteiger partial charge in [-0.3, -0.25) is 10.1 Å². The number of Topliss-reactive ketones (excluding diaryl/α,β-unsaturated/α-hetero) is 1. The van der Waals surface area contributed by atoms with Gasteiger partial charge in [-0.1, -0.05) is 6.92 Å². The molecule has 2 aliphatic rings. The van der Waals surface area contributed by atoms with Gasteiger partial charge in [0.15, 0.2) is 11.4 Å². The van der Waals surface area contributed by atoms with Gasteiger partial charge >= 0.3 is 0 Å². The monoisotopic (exact) mass is 262 g/mol. The second-order valence-corrected chi connectivity index (χ2v) is 5.76. The van der Waals surface area contributed by atoms with Gasteiger partial charge in [-0.25, -0.2) is 4.89 Å². The molecule has 0 spiro atoms. The molecule has 1 heterocycles. The summed E-state index contributed by atoms with van der Waals surface area (Å²) in [6, 6.07) is 0. The molecule has 0 bridgehead atoms. The van der Waals surface area contributed by atoms with E-state index in [1.54, 1.807) is 6.26 Å². The fourth-order valence-corrected chi connectivity index (χ4v) is 3.73. The number of ketones is 1. The number of allylic oxidation sites excluding steroid dienone is 1. The zero-order chi connectivity index (χ0) is 13.8. The summed E-state index contributed by atoms with van der Waals surface area (Å²) in [5.41, 5.74) is 2.23. The van der Waals surface area contributed by atoms with Gasteiger partial charge in [0, 0.05) is 11.1 Å². The molecular formula is C15H18O4. The molecule has 0 saturated heterocycles. The van der Waals surface area contributed by atoms with Gasteiger partial charge in [-0.15, -0.1) is 0 Å². The summed E-state index contributed by atoms with van der Waals surface area (Å²) >= 11 is 0. The van der Waals surface area contributed by atoms with Crippen LogP contribution in [0.25, 0.3) is 0 Å². The minimum Gasteiger partial charge on any atom is -0.460 e. The van der Waals surface area contributed by atoms with Crippen molar-refractivity contribution in [3.8, 4) is 0 Å². The summed E-state index contributed by atoms with van der Waals surface area (Å²) in [4.78, 5) is 17.4. The average molecular weight is 262 g/mol. The molecule has 2 atom stereocenters. The first-order chi connectivity index (χ1) is 9.00. The van der Waals surface area contributed by atoms with E-state index in [4.69, 9.17) is 9.30 Å². The molecule has 3 rings (SSSR count). The van der Waals surface area contributed by atoms with Crippen LogP contribution < -0.4 is 0 Å². The van der Waals surface area contributed by atoms with Gasteiger partial charge in [0.05, 0.1) is 6.26 Å². The van der Waals surface area contributed by atoms with Crippen LogP contribution in [-0.4, -0.2) is 11.0 Å². The number of aryl methyl sites for hydroxylation is 1. The highest BCUT2D eigenvalue weighted by Gasteiger charge is 2.49. The maximum absolute atomic E-state index is 12.5. The predicted octanol–water partition coefficient (Wildman–Crippen LogP) is 3.61. The molecule has 0 radical (unpaired) electrons. The van der Waals surface area contributed by atoms with Gasteiger partial charge in [-0.05, 0) is 50.2 Å². The Hall–Kier alpha value is -1.39.